The molecule has 0 aliphatic carbocycles. The summed E-state index contributed by atoms with van der Waals surface area (Å²) in [6, 6.07) is 0.172. The molecule has 0 saturated carbocycles. The highest BCUT2D eigenvalue weighted by Crippen LogP contribution is 2.13. The van der Waals surface area contributed by atoms with Crippen LogP contribution in [0.3, 0.4) is 0 Å². The van der Waals surface area contributed by atoms with Crippen molar-refractivity contribution in [1.82, 2.24) is 30.2 Å². The molecule has 0 aromatic carbocycles. The van der Waals surface area contributed by atoms with Crippen LogP contribution in [0.15, 0.2) is 0 Å². The molecule has 0 aliphatic rings. The number of hydrogen-bond donors (Lipinski definition) is 1. The minimum Gasteiger partial charge on any atom is -0.263 e. The Labute approximate surface area is 107 Å². The lowest BCUT2D eigenvalue weighted by molar-refractivity contribution is 0.422. The molecule has 0 aliphatic heterocycles. The Morgan fingerprint density at radius 3 is 2.22 bits per heavy atom. The van der Waals surface area contributed by atoms with Crippen molar-refractivity contribution in [2.45, 2.75) is 53.0 Å². The van der Waals surface area contributed by atoms with Crippen LogP contribution in [0.4, 0.5) is 0 Å². The van der Waals surface area contributed by atoms with Crippen molar-refractivity contribution in [2.24, 2.45) is 0 Å². The summed E-state index contributed by atoms with van der Waals surface area (Å²) in [5.74, 6) is 2.09. The van der Waals surface area contributed by atoms with E-state index < -0.39 is 0 Å². The molecule has 2 heterocycles. The summed E-state index contributed by atoms with van der Waals surface area (Å²) in [7, 11) is 0. The van der Waals surface area contributed by atoms with Crippen LogP contribution in [0.2, 0.25) is 0 Å². The molecular formula is C12H20N6. The van der Waals surface area contributed by atoms with Crippen LogP contribution in [0.1, 0.15) is 55.8 Å². The molecule has 2 aromatic rings. The van der Waals surface area contributed by atoms with Gasteiger partial charge in [-0.05, 0) is 20.8 Å². The van der Waals surface area contributed by atoms with Crippen LogP contribution in [0.25, 0.3) is 0 Å². The van der Waals surface area contributed by atoms with E-state index in [4.69, 9.17) is 0 Å². The molecule has 0 fully saturated rings. The van der Waals surface area contributed by atoms with Crippen molar-refractivity contribution < 1.29 is 0 Å². The Bertz CT molecular complexity index is 505. The monoisotopic (exact) mass is 248 g/mol. The van der Waals surface area contributed by atoms with E-state index >= 15 is 0 Å². The van der Waals surface area contributed by atoms with E-state index in [2.05, 4.69) is 46.1 Å². The van der Waals surface area contributed by atoms with Crippen LogP contribution in [-0.4, -0.2) is 30.2 Å². The first-order chi connectivity index (χ1) is 8.47. The van der Waals surface area contributed by atoms with Crippen molar-refractivity contribution in [3.05, 3.63) is 23.0 Å². The lowest BCUT2D eigenvalue weighted by atomic mass is 10.2. The molecule has 0 radical (unpaired) electrons. The Hall–Kier alpha value is -1.72. The molecule has 1 unspecified atom stereocenters. The molecule has 0 amide bonds. The molecule has 2 aromatic heterocycles. The average Bonchev–Trinajstić information content (AvgIpc) is 2.87. The third-order valence-corrected chi connectivity index (χ3v) is 2.98. The Morgan fingerprint density at radius 1 is 1.11 bits per heavy atom. The predicted molar refractivity (Wildman–Crippen MR) is 68.4 cm³/mol. The fraction of sp³-hybridized carbons (Fsp3) is 0.667. The van der Waals surface area contributed by atoms with E-state index in [9.17, 15) is 0 Å². The summed E-state index contributed by atoms with van der Waals surface area (Å²) in [5.41, 5.74) is 1.95. The van der Waals surface area contributed by atoms with Gasteiger partial charge in [-0.15, -0.1) is 0 Å². The van der Waals surface area contributed by atoms with Crippen molar-refractivity contribution in [3.8, 4) is 0 Å². The molecular weight excluding hydrogens is 228 g/mol. The van der Waals surface area contributed by atoms with E-state index in [0.717, 1.165) is 29.5 Å². The molecule has 0 saturated heterocycles. The van der Waals surface area contributed by atoms with Gasteiger partial charge in [0.15, 0.2) is 5.82 Å². The first kappa shape index (κ1) is 12.7. The van der Waals surface area contributed by atoms with Crippen LogP contribution in [-0.2, 0) is 6.42 Å². The summed E-state index contributed by atoms with van der Waals surface area (Å²) in [5, 5.41) is 16.0. The lowest BCUT2D eigenvalue weighted by Crippen LogP contribution is -2.12. The van der Waals surface area contributed by atoms with Gasteiger partial charge >= 0.3 is 0 Å². The highest BCUT2D eigenvalue weighted by Gasteiger charge is 2.14. The molecule has 2 rings (SSSR count). The van der Waals surface area contributed by atoms with Gasteiger partial charge in [-0.2, -0.15) is 20.1 Å². The number of nitrogens with zero attached hydrogens (tertiary/aromatic N) is 5. The number of nitrogens with one attached hydrogen (secondary N) is 1. The van der Waals surface area contributed by atoms with E-state index in [-0.39, 0.29) is 6.04 Å². The second kappa shape index (κ2) is 4.88. The zero-order valence-corrected chi connectivity index (χ0v) is 11.6. The number of aromatic nitrogens is 6. The predicted octanol–water partition coefficient (Wildman–Crippen LogP) is 1.94. The molecule has 0 bridgehead atoms. The van der Waals surface area contributed by atoms with Gasteiger partial charge in [0.05, 0.1) is 17.4 Å². The number of hydrogen-bond acceptors (Lipinski definition) is 4. The fourth-order valence-electron chi connectivity index (χ4n) is 1.69. The van der Waals surface area contributed by atoms with Crippen LogP contribution < -0.4 is 0 Å². The van der Waals surface area contributed by atoms with Gasteiger partial charge in [0.25, 0.3) is 0 Å². The summed E-state index contributed by atoms with van der Waals surface area (Å²) >= 11 is 0. The van der Waals surface area contributed by atoms with Crippen LogP contribution in [0, 0.1) is 13.8 Å². The van der Waals surface area contributed by atoms with Gasteiger partial charge in [-0.25, -0.2) is 4.98 Å². The number of aryl methyl sites for hydroxylation is 2. The van der Waals surface area contributed by atoms with Crippen molar-refractivity contribution >= 4 is 0 Å². The maximum Gasteiger partial charge on any atom is 0.153 e. The second-order valence-corrected chi connectivity index (χ2v) is 5.04. The van der Waals surface area contributed by atoms with Crippen LogP contribution >= 0.6 is 0 Å². The van der Waals surface area contributed by atoms with E-state index in [0.29, 0.717) is 5.92 Å². The van der Waals surface area contributed by atoms with E-state index in [1.54, 1.807) is 4.80 Å². The minimum atomic E-state index is 0.172. The zero-order valence-electron chi connectivity index (χ0n) is 11.6. The minimum absolute atomic E-state index is 0.172. The molecule has 0 spiro atoms. The first-order valence-corrected chi connectivity index (χ1v) is 6.28. The Morgan fingerprint density at radius 2 is 1.72 bits per heavy atom. The standard InChI is InChI=1S/C12H20N6/c1-7(2)12-13-11(14-15-12)6-8(3)18-16-9(4)10(5)17-18/h7-8H,6H2,1-5H3,(H,13,14,15). The summed E-state index contributed by atoms with van der Waals surface area (Å²) in [6.45, 7) is 10.2. The Kier molecular flexibility index (Phi) is 3.45. The van der Waals surface area contributed by atoms with Gasteiger partial charge in [0, 0.05) is 12.3 Å². The topological polar surface area (TPSA) is 72.3 Å². The van der Waals surface area contributed by atoms with Gasteiger partial charge < -0.3 is 0 Å². The third kappa shape index (κ3) is 2.57. The first-order valence-electron chi connectivity index (χ1n) is 6.28. The second-order valence-electron chi connectivity index (χ2n) is 5.04. The number of aromatic amines is 1. The lowest BCUT2D eigenvalue weighted by Gasteiger charge is -2.07. The maximum absolute atomic E-state index is 4.47. The molecule has 1 N–H and O–H groups in total. The molecule has 6 heteroatoms. The SMILES string of the molecule is Cc1nn(C(C)Cc2nc(C(C)C)n[nH]2)nc1C. The smallest absolute Gasteiger partial charge is 0.153 e. The normalized spacial score (nSPS) is 13.2. The number of rotatable bonds is 4. The van der Waals surface area contributed by atoms with E-state index in [1.165, 1.54) is 0 Å². The average molecular weight is 248 g/mol. The largest absolute Gasteiger partial charge is 0.263 e. The van der Waals surface area contributed by atoms with Gasteiger partial charge in [-0.1, -0.05) is 13.8 Å². The van der Waals surface area contributed by atoms with Crippen molar-refractivity contribution in [2.75, 3.05) is 0 Å². The van der Waals surface area contributed by atoms with Crippen molar-refractivity contribution in [1.29, 1.82) is 0 Å². The summed E-state index contributed by atoms with van der Waals surface area (Å²) < 4.78 is 0. The van der Waals surface area contributed by atoms with E-state index in [1.807, 2.05) is 13.8 Å². The highest BCUT2D eigenvalue weighted by atomic mass is 15.5. The van der Waals surface area contributed by atoms with Crippen LogP contribution in [0.5, 0.6) is 0 Å². The molecule has 98 valence electrons. The quantitative estimate of drug-likeness (QED) is 0.897. The molecule has 1 atom stereocenters. The van der Waals surface area contributed by atoms with Gasteiger partial charge in [0.1, 0.15) is 5.82 Å². The Balaban J connectivity index is 2.08. The zero-order chi connectivity index (χ0) is 13.3. The summed E-state index contributed by atoms with van der Waals surface area (Å²) in [6.07, 6.45) is 0.757. The molecule has 6 nitrogen and oxygen atoms in total. The maximum atomic E-state index is 4.47. The molecule has 18 heavy (non-hydrogen) atoms. The number of H-pyrrole nitrogens is 1. The summed E-state index contributed by atoms with van der Waals surface area (Å²) in [4.78, 5) is 6.22. The third-order valence-electron chi connectivity index (χ3n) is 2.98. The highest BCUT2D eigenvalue weighted by molar-refractivity contribution is 5.03. The van der Waals surface area contributed by atoms with Gasteiger partial charge in [-0.3, -0.25) is 5.10 Å². The van der Waals surface area contributed by atoms with Crippen molar-refractivity contribution in [3.63, 3.8) is 0 Å². The fourth-order valence-corrected chi connectivity index (χ4v) is 1.69. The van der Waals surface area contributed by atoms with Gasteiger partial charge in [0.2, 0.25) is 0 Å².